The SMILES string of the molecule is CC1CC(NC(=O)c2nc(C(C)C)n(-c3c(Cl)cccc3Cl)n2)CCN1. The predicted octanol–water partition coefficient (Wildman–Crippen LogP) is 3.57. The average Bonchev–Trinajstić information content (AvgIpc) is 3.00. The minimum atomic E-state index is -0.270. The minimum Gasteiger partial charge on any atom is -0.346 e. The monoisotopic (exact) mass is 395 g/mol. The summed E-state index contributed by atoms with van der Waals surface area (Å²) in [5.74, 6) is 0.558. The van der Waals surface area contributed by atoms with Gasteiger partial charge in [0.1, 0.15) is 11.5 Å². The van der Waals surface area contributed by atoms with E-state index in [9.17, 15) is 4.79 Å². The summed E-state index contributed by atoms with van der Waals surface area (Å²) in [6, 6.07) is 5.76. The van der Waals surface area contributed by atoms with Crippen molar-refractivity contribution >= 4 is 29.1 Å². The fourth-order valence-corrected chi connectivity index (χ4v) is 3.72. The summed E-state index contributed by atoms with van der Waals surface area (Å²) < 4.78 is 1.58. The zero-order valence-corrected chi connectivity index (χ0v) is 16.6. The van der Waals surface area contributed by atoms with Gasteiger partial charge in [-0.1, -0.05) is 43.1 Å². The topological polar surface area (TPSA) is 71.8 Å². The Kier molecular flexibility index (Phi) is 5.85. The average molecular weight is 396 g/mol. The highest BCUT2D eigenvalue weighted by Crippen LogP contribution is 2.30. The molecule has 2 N–H and O–H groups in total. The molecule has 6 nitrogen and oxygen atoms in total. The summed E-state index contributed by atoms with van der Waals surface area (Å²) in [6.07, 6.45) is 1.78. The van der Waals surface area contributed by atoms with Crippen LogP contribution in [0.4, 0.5) is 0 Å². The molecule has 140 valence electrons. The van der Waals surface area contributed by atoms with E-state index in [0.717, 1.165) is 19.4 Å². The highest BCUT2D eigenvalue weighted by Gasteiger charge is 2.25. The van der Waals surface area contributed by atoms with Crippen molar-refractivity contribution in [1.82, 2.24) is 25.4 Å². The number of piperidine rings is 1. The summed E-state index contributed by atoms with van der Waals surface area (Å²) in [5, 5.41) is 11.8. The Morgan fingerprint density at radius 1 is 1.35 bits per heavy atom. The summed E-state index contributed by atoms with van der Waals surface area (Å²) in [6.45, 7) is 6.98. The molecule has 1 saturated heterocycles. The van der Waals surface area contributed by atoms with Crippen molar-refractivity contribution in [2.24, 2.45) is 0 Å². The lowest BCUT2D eigenvalue weighted by Gasteiger charge is -2.28. The maximum absolute atomic E-state index is 12.7. The van der Waals surface area contributed by atoms with E-state index in [1.165, 1.54) is 0 Å². The van der Waals surface area contributed by atoms with Gasteiger partial charge in [-0.25, -0.2) is 9.67 Å². The van der Waals surface area contributed by atoms with Crippen LogP contribution in [0.1, 0.15) is 56.0 Å². The third-order valence-corrected chi connectivity index (χ3v) is 5.07. The molecule has 1 aliphatic rings. The van der Waals surface area contributed by atoms with E-state index in [0.29, 0.717) is 27.6 Å². The number of benzene rings is 1. The van der Waals surface area contributed by atoms with Crippen LogP contribution >= 0.6 is 23.2 Å². The lowest BCUT2D eigenvalue weighted by atomic mass is 10.0. The van der Waals surface area contributed by atoms with Gasteiger partial charge in [-0.3, -0.25) is 4.79 Å². The van der Waals surface area contributed by atoms with E-state index in [-0.39, 0.29) is 23.7 Å². The van der Waals surface area contributed by atoms with Gasteiger partial charge in [0, 0.05) is 18.0 Å². The van der Waals surface area contributed by atoms with Gasteiger partial charge in [0.2, 0.25) is 5.82 Å². The number of nitrogens with zero attached hydrogens (tertiary/aromatic N) is 3. The van der Waals surface area contributed by atoms with Crippen LogP contribution in [0.5, 0.6) is 0 Å². The van der Waals surface area contributed by atoms with Crippen LogP contribution < -0.4 is 10.6 Å². The van der Waals surface area contributed by atoms with Crippen LogP contribution in [0.2, 0.25) is 10.0 Å². The first kappa shape index (κ1) is 19.1. The normalized spacial score (nSPS) is 20.4. The standard InChI is InChI=1S/C18H23Cl2N5O/c1-10(2)17-23-16(18(26)22-12-7-8-21-11(3)9-12)24-25(17)15-13(19)5-4-6-14(15)20/h4-6,10-12,21H,7-9H2,1-3H3,(H,22,26). The quantitative estimate of drug-likeness (QED) is 0.829. The Bertz CT molecular complexity index is 785. The van der Waals surface area contributed by atoms with Crippen LogP contribution in [0.25, 0.3) is 5.69 Å². The summed E-state index contributed by atoms with van der Waals surface area (Å²) in [4.78, 5) is 17.1. The van der Waals surface area contributed by atoms with Crippen molar-refractivity contribution in [2.75, 3.05) is 6.54 Å². The van der Waals surface area contributed by atoms with Crippen molar-refractivity contribution in [1.29, 1.82) is 0 Å². The van der Waals surface area contributed by atoms with Gasteiger partial charge in [0.15, 0.2) is 0 Å². The lowest BCUT2D eigenvalue weighted by molar-refractivity contribution is 0.0915. The first-order chi connectivity index (χ1) is 12.4. The lowest BCUT2D eigenvalue weighted by Crippen LogP contribution is -2.46. The molecule has 0 bridgehead atoms. The van der Waals surface area contributed by atoms with Crippen molar-refractivity contribution in [3.63, 3.8) is 0 Å². The Morgan fingerprint density at radius 2 is 2.04 bits per heavy atom. The van der Waals surface area contributed by atoms with Crippen LogP contribution in [-0.4, -0.2) is 39.3 Å². The van der Waals surface area contributed by atoms with Crippen molar-refractivity contribution in [2.45, 2.75) is 51.6 Å². The predicted molar refractivity (Wildman–Crippen MR) is 103 cm³/mol. The number of carbonyl (C=O) groups is 1. The molecule has 0 saturated carbocycles. The molecule has 1 aromatic heterocycles. The summed E-state index contributed by atoms with van der Waals surface area (Å²) in [5.41, 5.74) is 0.543. The molecule has 2 unspecified atom stereocenters. The fourth-order valence-electron chi connectivity index (χ4n) is 3.16. The van der Waals surface area contributed by atoms with Gasteiger partial charge in [-0.05, 0) is 38.4 Å². The second-order valence-electron chi connectivity index (χ2n) is 6.98. The van der Waals surface area contributed by atoms with Crippen LogP contribution in [0.15, 0.2) is 18.2 Å². The highest BCUT2D eigenvalue weighted by atomic mass is 35.5. The largest absolute Gasteiger partial charge is 0.346 e. The number of aromatic nitrogens is 3. The third-order valence-electron chi connectivity index (χ3n) is 4.46. The second kappa shape index (κ2) is 7.94. The fraction of sp³-hybridized carbons (Fsp3) is 0.500. The molecule has 0 radical (unpaired) electrons. The van der Waals surface area contributed by atoms with Gasteiger partial charge < -0.3 is 10.6 Å². The first-order valence-corrected chi connectivity index (χ1v) is 9.58. The Balaban J connectivity index is 1.91. The molecule has 2 heterocycles. The van der Waals surface area contributed by atoms with E-state index in [2.05, 4.69) is 27.6 Å². The van der Waals surface area contributed by atoms with E-state index in [1.54, 1.807) is 22.9 Å². The summed E-state index contributed by atoms with van der Waals surface area (Å²) >= 11 is 12.6. The Morgan fingerprint density at radius 3 is 2.65 bits per heavy atom. The number of carbonyl (C=O) groups excluding carboxylic acids is 1. The number of nitrogens with one attached hydrogen (secondary N) is 2. The zero-order valence-electron chi connectivity index (χ0n) is 15.1. The molecule has 1 fully saturated rings. The van der Waals surface area contributed by atoms with E-state index >= 15 is 0 Å². The molecule has 3 rings (SSSR count). The minimum absolute atomic E-state index is 0.0512. The Hall–Kier alpha value is -1.63. The molecule has 1 aliphatic heterocycles. The number of hydrogen-bond acceptors (Lipinski definition) is 4. The molecule has 2 atom stereocenters. The van der Waals surface area contributed by atoms with Gasteiger partial charge in [-0.2, -0.15) is 0 Å². The molecule has 26 heavy (non-hydrogen) atoms. The molecular formula is C18H23Cl2N5O. The zero-order chi connectivity index (χ0) is 18.8. The van der Waals surface area contributed by atoms with Crippen molar-refractivity contribution in [3.05, 3.63) is 39.9 Å². The number of rotatable bonds is 4. The van der Waals surface area contributed by atoms with Crippen LogP contribution in [-0.2, 0) is 0 Å². The first-order valence-electron chi connectivity index (χ1n) is 8.82. The molecule has 1 amide bonds. The van der Waals surface area contributed by atoms with Gasteiger partial charge in [-0.15, -0.1) is 5.10 Å². The molecule has 0 spiro atoms. The number of halogens is 2. The maximum Gasteiger partial charge on any atom is 0.291 e. The van der Waals surface area contributed by atoms with E-state index in [1.807, 2.05) is 13.8 Å². The smallest absolute Gasteiger partial charge is 0.291 e. The second-order valence-corrected chi connectivity index (χ2v) is 7.79. The van der Waals surface area contributed by atoms with Crippen LogP contribution in [0.3, 0.4) is 0 Å². The maximum atomic E-state index is 12.7. The van der Waals surface area contributed by atoms with Gasteiger partial charge >= 0.3 is 0 Å². The van der Waals surface area contributed by atoms with E-state index in [4.69, 9.17) is 23.2 Å². The number of hydrogen-bond donors (Lipinski definition) is 2. The van der Waals surface area contributed by atoms with Crippen molar-refractivity contribution in [3.8, 4) is 5.69 Å². The van der Waals surface area contributed by atoms with Crippen molar-refractivity contribution < 1.29 is 4.79 Å². The number of para-hydroxylation sites is 1. The third kappa shape index (κ3) is 4.03. The molecule has 1 aromatic carbocycles. The highest BCUT2D eigenvalue weighted by molar-refractivity contribution is 6.37. The molecule has 8 heteroatoms. The molecule has 2 aromatic rings. The molecular weight excluding hydrogens is 373 g/mol. The summed E-state index contributed by atoms with van der Waals surface area (Å²) in [7, 11) is 0. The molecule has 0 aliphatic carbocycles. The van der Waals surface area contributed by atoms with E-state index < -0.39 is 0 Å². The van der Waals surface area contributed by atoms with Crippen LogP contribution in [0, 0.1) is 0 Å². The number of amides is 1. The van der Waals surface area contributed by atoms with Gasteiger partial charge in [0.25, 0.3) is 5.91 Å². The Labute approximate surface area is 163 Å². The van der Waals surface area contributed by atoms with Gasteiger partial charge in [0.05, 0.1) is 10.0 Å².